The summed E-state index contributed by atoms with van der Waals surface area (Å²) in [6, 6.07) is 0. The SMILES string of the molecule is CCN(CC)CCC(O)CC(C)C. The van der Waals surface area contributed by atoms with Gasteiger partial charge in [-0.2, -0.15) is 0 Å². The fourth-order valence-electron chi connectivity index (χ4n) is 1.53. The molecule has 0 aromatic rings. The third-order valence-electron chi connectivity index (χ3n) is 2.42. The molecular formula is C11H25NO. The number of hydrogen-bond acceptors (Lipinski definition) is 2. The van der Waals surface area contributed by atoms with Crippen LogP contribution in [-0.2, 0) is 0 Å². The fraction of sp³-hybridized carbons (Fsp3) is 1.00. The van der Waals surface area contributed by atoms with Crippen LogP contribution in [-0.4, -0.2) is 35.7 Å². The summed E-state index contributed by atoms with van der Waals surface area (Å²) in [6.07, 6.45) is 1.74. The van der Waals surface area contributed by atoms with Crippen molar-refractivity contribution in [2.24, 2.45) is 5.92 Å². The van der Waals surface area contributed by atoms with E-state index >= 15 is 0 Å². The largest absolute Gasteiger partial charge is 0.393 e. The smallest absolute Gasteiger partial charge is 0.0554 e. The average molecular weight is 187 g/mol. The fourth-order valence-corrected chi connectivity index (χ4v) is 1.53. The predicted molar refractivity (Wildman–Crippen MR) is 57.9 cm³/mol. The lowest BCUT2D eigenvalue weighted by atomic mass is 10.0. The van der Waals surface area contributed by atoms with Gasteiger partial charge in [0.15, 0.2) is 0 Å². The zero-order valence-electron chi connectivity index (χ0n) is 9.58. The summed E-state index contributed by atoms with van der Waals surface area (Å²) in [7, 11) is 0. The maximum Gasteiger partial charge on any atom is 0.0554 e. The van der Waals surface area contributed by atoms with Crippen LogP contribution in [0.5, 0.6) is 0 Å². The molecule has 1 N–H and O–H groups in total. The van der Waals surface area contributed by atoms with Crippen LogP contribution in [0.15, 0.2) is 0 Å². The van der Waals surface area contributed by atoms with Gasteiger partial charge in [0, 0.05) is 6.54 Å². The van der Waals surface area contributed by atoms with E-state index in [9.17, 15) is 5.11 Å². The zero-order valence-corrected chi connectivity index (χ0v) is 9.58. The van der Waals surface area contributed by atoms with Crippen molar-refractivity contribution >= 4 is 0 Å². The molecule has 0 aromatic heterocycles. The van der Waals surface area contributed by atoms with Crippen molar-refractivity contribution < 1.29 is 5.11 Å². The molecule has 2 nitrogen and oxygen atoms in total. The van der Waals surface area contributed by atoms with E-state index in [0.717, 1.165) is 32.5 Å². The highest BCUT2D eigenvalue weighted by atomic mass is 16.3. The first-order valence-electron chi connectivity index (χ1n) is 5.50. The molecule has 0 fully saturated rings. The Morgan fingerprint density at radius 2 is 1.69 bits per heavy atom. The lowest BCUT2D eigenvalue weighted by Crippen LogP contribution is -2.27. The van der Waals surface area contributed by atoms with Gasteiger partial charge in [-0.15, -0.1) is 0 Å². The van der Waals surface area contributed by atoms with Crippen LogP contribution in [0.2, 0.25) is 0 Å². The molecular weight excluding hydrogens is 162 g/mol. The van der Waals surface area contributed by atoms with Crippen LogP contribution < -0.4 is 0 Å². The van der Waals surface area contributed by atoms with Crippen LogP contribution in [0.3, 0.4) is 0 Å². The maximum atomic E-state index is 9.63. The molecule has 0 aliphatic heterocycles. The van der Waals surface area contributed by atoms with E-state index in [1.54, 1.807) is 0 Å². The van der Waals surface area contributed by atoms with E-state index in [2.05, 4.69) is 32.6 Å². The van der Waals surface area contributed by atoms with E-state index < -0.39 is 0 Å². The first kappa shape index (κ1) is 12.9. The lowest BCUT2D eigenvalue weighted by molar-refractivity contribution is 0.122. The summed E-state index contributed by atoms with van der Waals surface area (Å²) in [6.45, 7) is 11.8. The van der Waals surface area contributed by atoms with E-state index in [4.69, 9.17) is 0 Å². The first-order chi connectivity index (χ1) is 6.10. The molecule has 80 valence electrons. The third-order valence-corrected chi connectivity index (χ3v) is 2.42. The van der Waals surface area contributed by atoms with Crippen molar-refractivity contribution in [2.45, 2.75) is 46.6 Å². The normalized spacial score (nSPS) is 14.1. The van der Waals surface area contributed by atoms with Crippen molar-refractivity contribution in [3.8, 4) is 0 Å². The Hall–Kier alpha value is -0.0800. The number of rotatable bonds is 7. The Kier molecular flexibility index (Phi) is 7.29. The highest BCUT2D eigenvalue weighted by Crippen LogP contribution is 2.08. The summed E-state index contributed by atoms with van der Waals surface area (Å²) in [5, 5.41) is 9.63. The predicted octanol–water partition coefficient (Wildman–Crippen LogP) is 2.13. The monoisotopic (exact) mass is 187 g/mol. The Bertz CT molecular complexity index is 111. The van der Waals surface area contributed by atoms with Gasteiger partial charge in [-0.25, -0.2) is 0 Å². The average Bonchev–Trinajstić information content (AvgIpc) is 2.05. The highest BCUT2D eigenvalue weighted by Gasteiger charge is 2.08. The van der Waals surface area contributed by atoms with Crippen molar-refractivity contribution in [3.63, 3.8) is 0 Å². The number of nitrogens with zero attached hydrogens (tertiary/aromatic N) is 1. The zero-order chi connectivity index (χ0) is 10.3. The van der Waals surface area contributed by atoms with Crippen molar-refractivity contribution in [1.29, 1.82) is 0 Å². The van der Waals surface area contributed by atoms with Gasteiger partial charge in [0.05, 0.1) is 6.10 Å². The summed E-state index contributed by atoms with van der Waals surface area (Å²) < 4.78 is 0. The van der Waals surface area contributed by atoms with Gasteiger partial charge in [-0.1, -0.05) is 27.7 Å². The molecule has 0 bridgehead atoms. The Labute approximate surface area is 82.9 Å². The lowest BCUT2D eigenvalue weighted by Gasteiger charge is -2.20. The molecule has 0 spiro atoms. The van der Waals surface area contributed by atoms with Crippen LogP contribution in [0, 0.1) is 5.92 Å². The summed E-state index contributed by atoms with van der Waals surface area (Å²) in [4.78, 5) is 2.35. The van der Waals surface area contributed by atoms with Gasteiger partial charge in [-0.3, -0.25) is 0 Å². The van der Waals surface area contributed by atoms with Gasteiger partial charge >= 0.3 is 0 Å². The van der Waals surface area contributed by atoms with Crippen molar-refractivity contribution in [1.82, 2.24) is 4.90 Å². The van der Waals surface area contributed by atoms with Crippen LogP contribution >= 0.6 is 0 Å². The van der Waals surface area contributed by atoms with E-state index in [1.165, 1.54) is 0 Å². The molecule has 1 atom stereocenters. The second kappa shape index (κ2) is 7.34. The second-order valence-electron chi connectivity index (χ2n) is 4.10. The molecule has 0 radical (unpaired) electrons. The maximum absolute atomic E-state index is 9.63. The second-order valence-corrected chi connectivity index (χ2v) is 4.10. The molecule has 0 aliphatic rings. The van der Waals surface area contributed by atoms with Gasteiger partial charge in [0.1, 0.15) is 0 Å². The Morgan fingerprint density at radius 1 is 1.15 bits per heavy atom. The molecule has 13 heavy (non-hydrogen) atoms. The Morgan fingerprint density at radius 3 is 2.08 bits per heavy atom. The standard InChI is InChI=1S/C11H25NO/c1-5-12(6-2)8-7-11(13)9-10(3)4/h10-11,13H,5-9H2,1-4H3. The van der Waals surface area contributed by atoms with Crippen LogP contribution in [0.4, 0.5) is 0 Å². The molecule has 0 rings (SSSR count). The van der Waals surface area contributed by atoms with Crippen molar-refractivity contribution in [3.05, 3.63) is 0 Å². The van der Waals surface area contributed by atoms with Gasteiger partial charge in [0.25, 0.3) is 0 Å². The van der Waals surface area contributed by atoms with Crippen LogP contribution in [0.25, 0.3) is 0 Å². The molecule has 0 aliphatic carbocycles. The van der Waals surface area contributed by atoms with Gasteiger partial charge < -0.3 is 10.0 Å². The quantitative estimate of drug-likeness (QED) is 0.660. The summed E-state index contributed by atoms with van der Waals surface area (Å²) in [5.74, 6) is 0.603. The molecule has 2 heteroatoms. The van der Waals surface area contributed by atoms with Crippen LogP contribution in [0.1, 0.15) is 40.5 Å². The first-order valence-corrected chi connectivity index (χ1v) is 5.50. The third kappa shape index (κ3) is 7.03. The topological polar surface area (TPSA) is 23.5 Å². The van der Waals surface area contributed by atoms with Crippen molar-refractivity contribution in [2.75, 3.05) is 19.6 Å². The molecule has 0 saturated heterocycles. The number of aliphatic hydroxyl groups excluding tert-OH is 1. The summed E-state index contributed by atoms with van der Waals surface area (Å²) in [5.41, 5.74) is 0. The molecule has 1 unspecified atom stereocenters. The highest BCUT2D eigenvalue weighted by molar-refractivity contribution is 4.62. The Balaban J connectivity index is 3.49. The molecule has 0 amide bonds. The minimum Gasteiger partial charge on any atom is -0.393 e. The minimum atomic E-state index is -0.111. The summed E-state index contributed by atoms with van der Waals surface area (Å²) >= 11 is 0. The van der Waals surface area contributed by atoms with E-state index in [0.29, 0.717) is 5.92 Å². The van der Waals surface area contributed by atoms with Gasteiger partial charge in [-0.05, 0) is 31.8 Å². The molecule has 0 saturated carbocycles. The molecule has 0 aromatic carbocycles. The van der Waals surface area contributed by atoms with E-state index in [1.807, 2.05) is 0 Å². The minimum absolute atomic E-state index is 0.111. The molecule has 0 heterocycles. The number of hydrogen-bond donors (Lipinski definition) is 1. The number of aliphatic hydroxyl groups is 1. The van der Waals surface area contributed by atoms with Gasteiger partial charge in [0.2, 0.25) is 0 Å². The van der Waals surface area contributed by atoms with E-state index in [-0.39, 0.29) is 6.10 Å².